The molecule has 0 radical (unpaired) electrons. The Labute approximate surface area is 111 Å². The van der Waals surface area contributed by atoms with E-state index in [9.17, 15) is 14.9 Å². The Balaban J connectivity index is 1.93. The monoisotopic (exact) mass is 263 g/mol. The number of nitrogens with one attached hydrogen (secondary N) is 2. The Bertz CT molecular complexity index is 490. The van der Waals surface area contributed by atoms with Crippen molar-refractivity contribution in [3.05, 3.63) is 39.9 Å². The molecule has 1 aliphatic heterocycles. The second-order valence-corrected chi connectivity index (χ2v) is 4.84. The van der Waals surface area contributed by atoms with Crippen LogP contribution in [0.3, 0.4) is 0 Å². The molecule has 1 aromatic carbocycles. The topological polar surface area (TPSA) is 84.3 Å². The van der Waals surface area contributed by atoms with Gasteiger partial charge in [0.15, 0.2) is 0 Å². The molecule has 1 amide bonds. The zero-order chi connectivity index (χ0) is 13.8. The van der Waals surface area contributed by atoms with Crippen molar-refractivity contribution in [1.29, 1.82) is 0 Å². The lowest BCUT2D eigenvalue weighted by Gasteiger charge is -2.15. The van der Waals surface area contributed by atoms with Crippen molar-refractivity contribution in [1.82, 2.24) is 10.6 Å². The highest BCUT2D eigenvalue weighted by Crippen LogP contribution is 2.15. The fourth-order valence-electron chi connectivity index (χ4n) is 2.26. The standard InChI is InChI=1S/C13H17N3O3/c1-9-5-6-14-12(9)13(17)15-8-10-3-2-4-11(7-10)16(18)19/h2-4,7,9,12,14H,5-6,8H2,1H3,(H,15,17). The lowest BCUT2D eigenvalue weighted by atomic mass is 10.0. The van der Waals surface area contributed by atoms with Gasteiger partial charge in [-0.3, -0.25) is 14.9 Å². The van der Waals surface area contributed by atoms with Crippen molar-refractivity contribution in [2.24, 2.45) is 5.92 Å². The molecular formula is C13H17N3O3. The summed E-state index contributed by atoms with van der Waals surface area (Å²) in [6.45, 7) is 3.21. The van der Waals surface area contributed by atoms with Gasteiger partial charge < -0.3 is 10.6 Å². The second kappa shape index (κ2) is 5.79. The Morgan fingerprint density at radius 3 is 3.00 bits per heavy atom. The summed E-state index contributed by atoms with van der Waals surface area (Å²) < 4.78 is 0. The minimum atomic E-state index is -0.439. The number of non-ortho nitro benzene ring substituents is 1. The molecule has 0 saturated carbocycles. The van der Waals surface area contributed by atoms with Gasteiger partial charge >= 0.3 is 0 Å². The Morgan fingerprint density at radius 1 is 1.58 bits per heavy atom. The number of nitro benzene ring substituents is 1. The molecule has 2 unspecified atom stereocenters. The number of rotatable bonds is 4. The molecule has 0 bridgehead atoms. The molecule has 1 saturated heterocycles. The molecule has 2 atom stereocenters. The summed E-state index contributed by atoms with van der Waals surface area (Å²) in [7, 11) is 0. The third kappa shape index (κ3) is 3.29. The molecule has 19 heavy (non-hydrogen) atoms. The zero-order valence-corrected chi connectivity index (χ0v) is 10.8. The molecule has 0 aromatic heterocycles. The van der Waals surface area contributed by atoms with E-state index in [2.05, 4.69) is 10.6 Å². The van der Waals surface area contributed by atoms with Crippen LogP contribution in [0, 0.1) is 16.0 Å². The van der Waals surface area contributed by atoms with E-state index in [-0.39, 0.29) is 17.6 Å². The number of nitrogens with zero attached hydrogens (tertiary/aromatic N) is 1. The maximum atomic E-state index is 11.9. The van der Waals surface area contributed by atoms with Gasteiger partial charge in [-0.2, -0.15) is 0 Å². The van der Waals surface area contributed by atoms with Gasteiger partial charge in [-0.05, 0) is 24.4 Å². The van der Waals surface area contributed by atoms with E-state index in [4.69, 9.17) is 0 Å². The van der Waals surface area contributed by atoms with Crippen LogP contribution < -0.4 is 10.6 Å². The number of amides is 1. The third-order valence-electron chi connectivity index (χ3n) is 3.40. The molecule has 0 spiro atoms. The summed E-state index contributed by atoms with van der Waals surface area (Å²) in [5.74, 6) is 0.279. The highest BCUT2D eigenvalue weighted by molar-refractivity contribution is 5.82. The van der Waals surface area contributed by atoms with Crippen LogP contribution in [-0.2, 0) is 11.3 Å². The van der Waals surface area contributed by atoms with Crippen molar-refractivity contribution >= 4 is 11.6 Å². The molecule has 2 rings (SSSR count). The van der Waals surface area contributed by atoms with E-state index >= 15 is 0 Å². The van der Waals surface area contributed by atoms with Crippen LogP contribution in [0.4, 0.5) is 5.69 Å². The first-order valence-electron chi connectivity index (χ1n) is 6.32. The van der Waals surface area contributed by atoms with Crippen LogP contribution in [0.15, 0.2) is 24.3 Å². The largest absolute Gasteiger partial charge is 0.351 e. The summed E-state index contributed by atoms with van der Waals surface area (Å²) in [5, 5.41) is 16.6. The summed E-state index contributed by atoms with van der Waals surface area (Å²) in [6, 6.07) is 6.14. The van der Waals surface area contributed by atoms with Crippen molar-refractivity contribution < 1.29 is 9.72 Å². The third-order valence-corrected chi connectivity index (χ3v) is 3.40. The van der Waals surface area contributed by atoms with E-state index in [0.717, 1.165) is 18.5 Å². The van der Waals surface area contributed by atoms with Crippen LogP contribution in [0.1, 0.15) is 18.9 Å². The maximum absolute atomic E-state index is 11.9. The lowest BCUT2D eigenvalue weighted by Crippen LogP contribution is -2.42. The van der Waals surface area contributed by atoms with Gasteiger partial charge in [0, 0.05) is 18.7 Å². The quantitative estimate of drug-likeness (QED) is 0.631. The Kier molecular flexibility index (Phi) is 4.11. The van der Waals surface area contributed by atoms with Gasteiger partial charge in [-0.15, -0.1) is 0 Å². The molecule has 1 fully saturated rings. The van der Waals surface area contributed by atoms with Crippen LogP contribution >= 0.6 is 0 Å². The summed E-state index contributed by atoms with van der Waals surface area (Å²) in [5.41, 5.74) is 0.771. The zero-order valence-electron chi connectivity index (χ0n) is 10.8. The molecule has 6 heteroatoms. The fourth-order valence-corrected chi connectivity index (χ4v) is 2.26. The number of nitro groups is 1. The number of hydrogen-bond acceptors (Lipinski definition) is 4. The van der Waals surface area contributed by atoms with Crippen LogP contribution in [0.2, 0.25) is 0 Å². The number of benzene rings is 1. The number of hydrogen-bond donors (Lipinski definition) is 2. The van der Waals surface area contributed by atoms with E-state index in [1.165, 1.54) is 12.1 Å². The van der Waals surface area contributed by atoms with Gasteiger partial charge in [0.25, 0.3) is 5.69 Å². The van der Waals surface area contributed by atoms with Gasteiger partial charge in [-0.1, -0.05) is 19.1 Å². The number of carbonyl (C=O) groups is 1. The SMILES string of the molecule is CC1CCNC1C(=O)NCc1cccc([N+](=O)[O-])c1. The predicted octanol–water partition coefficient (Wildman–Crippen LogP) is 1.21. The molecule has 6 nitrogen and oxygen atoms in total. The Hall–Kier alpha value is -1.95. The number of carbonyl (C=O) groups excluding carboxylic acids is 1. The first-order chi connectivity index (χ1) is 9.08. The van der Waals surface area contributed by atoms with Gasteiger partial charge in [0.2, 0.25) is 5.91 Å². The van der Waals surface area contributed by atoms with Crippen LogP contribution in [0.5, 0.6) is 0 Å². The van der Waals surface area contributed by atoms with Crippen LogP contribution in [-0.4, -0.2) is 23.4 Å². The van der Waals surface area contributed by atoms with Gasteiger partial charge in [0.05, 0.1) is 11.0 Å². The van der Waals surface area contributed by atoms with Crippen LogP contribution in [0.25, 0.3) is 0 Å². The summed E-state index contributed by atoms with van der Waals surface area (Å²) >= 11 is 0. The molecule has 1 aliphatic rings. The van der Waals surface area contributed by atoms with E-state index in [1.807, 2.05) is 6.92 Å². The molecular weight excluding hydrogens is 246 g/mol. The Morgan fingerprint density at radius 2 is 2.37 bits per heavy atom. The van der Waals surface area contributed by atoms with E-state index in [1.54, 1.807) is 12.1 Å². The van der Waals surface area contributed by atoms with Gasteiger partial charge in [0.1, 0.15) is 0 Å². The maximum Gasteiger partial charge on any atom is 0.269 e. The average molecular weight is 263 g/mol. The smallest absolute Gasteiger partial charge is 0.269 e. The fraction of sp³-hybridized carbons (Fsp3) is 0.462. The minimum absolute atomic E-state index is 0.0408. The summed E-state index contributed by atoms with van der Waals surface area (Å²) in [6.07, 6.45) is 0.995. The molecule has 0 aliphatic carbocycles. The van der Waals surface area contributed by atoms with Crippen molar-refractivity contribution in [3.63, 3.8) is 0 Å². The normalized spacial score (nSPS) is 22.2. The van der Waals surface area contributed by atoms with E-state index < -0.39 is 4.92 Å². The summed E-state index contributed by atoms with van der Waals surface area (Å²) in [4.78, 5) is 22.2. The second-order valence-electron chi connectivity index (χ2n) is 4.84. The minimum Gasteiger partial charge on any atom is -0.351 e. The first kappa shape index (κ1) is 13.5. The average Bonchev–Trinajstić information content (AvgIpc) is 2.82. The van der Waals surface area contributed by atoms with Crippen molar-refractivity contribution in [2.45, 2.75) is 25.9 Å². The highest BCUT2D eigenvalue weighted by atomic mass is 16.6. The van der Waals surface area contributed by atoms with Crippen molar-refractivity contribution in [2.75, 3.05) is 6.54 Å². The van der Waals surface area contributed by atoms with Crippen molar-refractivity contribution in [3.8, 4) is 0 Å². The van der Waals surface area contributed by atoms with Gasteiger partial charge in [-0.25, -0.2) is 0 Å². The molecule has 102 valence electrons. The molecule has 1 heterocycles. The highest BCUT2D eigenvalue weighted by Gasteiger charge is 2.28. The molecule has 2 N–H and O–H groups in total. The molecule has 1 aromatic rings. The predicted molar refractivity (Wildman–Crippen MR) is 70.5 cm³/mol. The lowest BCUT2D eigenvalue weighted by molar-refractivity contribution is -0.384. The first-order valence-corrected chi connectivity index (χ1v) is 6.32. The van der Waals surface area contributed by atoms with E-state index in [0.29, 0.717) is 12.5 Å².